The average Bonchev–Trinajstić information content (AvgIpc) is 3.24. The van der Waals surface area contributed by atoms with Gasteiger partial charge in [0.2, 0.25) is 5.91 Å². The van der Waals surface area contributed by atoms with Crippen molar-refractivity contribution in [2.75, 3.05) is 0 Å². The van der Waals surface area contributed by atoms with Crippen LogP contribution in [0.3, 0.4) is 0 Å². The predicted octanol–water partition coefficient (Wildman–Crippen LogP) is 4.28. The number of rotatable bonds is 5. The maximum Gasteiger partial charge on any atom is 0.224 e. The van der Waals surface area contributed by atoms with Gasteiger partial charge < -0.3 is 14.3 Å². The Hall–Kier alpha value is -3.08. The normalized spacial score (nSPS) is 11.4. The highest BCUT2D eigenvalue weighted by atomic mass is 16.3. The largest absolute Gasteiger partial charge is 0.464 e. The molecule has 2 heterocycles. The number of furan rings is 1. The zero-order chi connectivity index (χ0) is 19.0. The van der Waals surface area contributed by atoms with Crippen molar-refractivity contribution in [3.63, 3.8) is 0 Å². The number of carbonyl (C=O) groups excluding carboxylic acids is 1. The highest BCUT2D eigenvalue weighted by Gasteiger charge is 2.14. The Kier molecular flexibility index (Phi) is 4.44. The van der Waals surface area contributed by atoms with Gasteiger partial charge in [-0.05, 0) is 44.0 Å². The first-order valence-electron chi connectivity index (χ1n) is 9.25. The van der Waals surface area contributed by atoms with Crippen molar-refractivity contribution >= 4 is 27.9 Å². The van der Waals surface area contributed by atoms with Crippen molar-refractivity contribution in [2.45, 2.75) is 40.3 Å². The van der Waals surface area contributed by atoms with Crippen LogP contribution in [0, 0.1) is 13.8 Å². The maximum absolute atomic E-state index is 12.5. The highest BCUT2D eigenvalue weighted by Crippen LogP contribution is 2.26. The first-order valence-corrected chi connectivity index (χ1v) is 9.25. The zero-order valence-corrected chi connectivity index (χ0v) is 15.9. The van der Waals surface area contributed by atoms with Gasteiger partial charge in [0.05, 0.1) is 30.3 Å². The van der Waals surface area contributed by atoms with Crippen molar-refractivity contribution < 1.29 is 9.21 Å². The minimum atomic E-state index is -0.0364. The van der Waals surface area contributed by atoms with E-state index in [9.17, 15) is 4.79 Å². The summed E-state index contributed by atoms with van der Waals surface area (Å²) < 4.78 is 7.84. The second-order valence-corrected chi connectivity index (χ2v) is 6.86. The zero-order valence-electron chi connectivity index (χ0n) is 15.9. The standard InChI is InChI=1S/C22H23N3O2/c1-4-25-19-8-6-5-7-18(19)24-20(25)12-23-21(26)11-16-13-27-22-15(3)14(2)9-10-17(16)22/h5-10,13H,4,11-12H2,1-3H3,(H,23,26). The SMILES string of the molecule is CCn1c(CNC(=O)Cc2coc3c(C)c(C)ccc23)nc2ccccc21. The van der Waals surface area contributed by atoms with Gasteiger partial charge in [0, 0.05) is 17.5 Å². The smallest absolute Gasteiger partial charge is 0.224 e. The second-order valence-electron chi connectivity index (χ2n) is 6.86. The molecule has 4 aromatic rings. The maximum atomic E-state index is 12.5. The molecule has 0 fully saturated rings. The van der Waals surface area contributed by atoms with E-state index in [0.29, 0.717) is 13.0 Å². The van der Waals surface area contributed by atoms with Gasteiger partial charge in [-0.15, -0.1) is 0 Å². The molecule has 0 unspecified atom stereocenters. The number of carbonyl (C=O) groups is 1. The van der Waals surface area contributed by atoms with Crippen molar-refractivity contribution in [1.82, 2.24) is 14.9 Å². The number of aryl methyl sites for hydroxylation is 3. The number of nitrogens with zero attached hydrogens (tertiary/aromatic N) is 2. The van der Waals surface area contributed by atoms with E-state index >= 15 is 0 Å². The Labute approximate surface area is 158 Å². The lowest BCUT2D eigenvalue weighted by Gasteiger charge is -2.07. The number of nitrogens with one attached hydrogen (secondary N) is 1. The molecule has 4 rings (SSSR count). The molecule has 138 valence electrons. The molecule has 0 bridgehead atoms. The van der Waals surface area contributed by atoms with Crippen LogP contribution in [0.2, 0.25) is 0 Å². The van der Waals surface area contributed by atoms with Crippen LogP contribution in [0.25, 0.3) is 22.0 Å². The highest BCUT2D eigenvalue weighted by molar-refractivity contribution is 5.89. The number of benzene rings is 2. The molecule has 5 nitrogen and oxygen atoms in total. The van der Waals surface area contributed by atoms with Crippen molar-refractivity contribution in [3.05, 3.63) is 65.2 Å². The van der Waals surface area contributed by atoms with E-state index in [0.717, 1.165) is 45.5 Å². The molecule has 0 atom stereocenters. The summed E-state index contributed by atoms with van der Waals surface area (Å²) in [5, 5.41) is 4.01. The topological polar surface area (TPSA) is 60.1 Å². The lowest BCUT2D eigenvalue weighted by Crippen LogP contribution is -2.26. The van der Waals surface area contributed by atoms with Crippen LogP contribution in [0.4, 0.5) is 0 Å². The number of imidazole rings is 1. The van der Waals surface area contributed by atoms with Crippen molar-refractivity contribution in [3.8, 4) is 0 Å². The Morgan fingerprint density at radius 3 is 2.81 bits per heavy atom. The first kappa shape index (κ1) is 17.3. The molecule has 1 N–H and O–H groups in total. The van der Waals surface area contributed by atoms with Gasteiger partial charge in [0.15, 0.2) is 0 Å². The minimum absolute atomic E-state index is 0.0364. The van der Waals surface area contributed by atoms with Crippen LogP contribution in [0.1, 0.15) is 29.4 Å². The van der Waals surface area contributed by atoms with Gasteiger partial charge in [0.25, 0.3) is 0 Å². The predicted molar refractivity (Wildman–Crippen MR) is 107 cm³/mol. The van der Waals surface area contributed by atoms with Crippen LogP contribution in [0.5, 0.6) is 0 Å². The third kappa shape index (κ3) is 3.10. The third-order valence-corrected chi connectivity index (χ3v) is 5.19. The second kappa shape index (κ2) is 6.91. The molecule has 2 aromatic heterocycles. The summed E-state index contributed by atoms with van der Waals surface area (Å²) in [5.74, 6) is 0.834. The molecule has 0 spiro atoms. The molecule has 1 amide bonds. The summed E-state index contributed by atoms with van der Waals surface area (Å²) in [4.78, 5) is 17.2. The van der Waals surface area contributed by atoms with E-state index in [2.05, 4.69) is 40.8 Å². The lowest BCUT2D eigenvalue weighted by atomic mass is 10.0. The van der Waals surface area contributed by atoms with Crippen LogP contribution >= 0.6 is 0 Å². The molecule has 2 aromatic carbocycles. The van der Waals surface area contributed by atoms with E-state index in [1.165, 1.54) is 5.56 Å². The number of aromatic nitrogens is 2. The van der Waals surface area contributed by atoms with Crippen LogP contribution < -0.4 is 5.32 Å². The number of fused-ring (bicyclic) bond motifs is 2. The Morgan fingerprint density at radius 1 is 1.19 bits per heavy atom. The number of hydrogen-bond acceptors (Lipinski definition) is 3. The molecule has 0 aliphatic heterocycles. The van der Waals surface area contributed by atoms with E-state index in [1.807, 2.05) is 31.2 Å². The molecule has 27 heavy (non-hydrogen) atoms. The Balaban J connectivity index is 1.50. The number of para-hydroxylation sites is 2. The monoisotopic (exact) mass is 361 g/mol. The molecule has 0 saturated heterocycles. The summed E-state index contributed by atoms with van der Waals surface area (Å²) in [6.45, 7) is 7.41. The summed E-state index contributed by atoms with van der Waals surface area (Å²) in [5.41, 5.74) is 6.13. The van der Waals surface area contributed by atoms with Crippen molar-refractivity contribution in [1.29, 1.82) is 0 Å². The molecular formula is C22H23N3O2. The lowest BCUT2D eigenvalue weighted by molar-refractivity contribution is -0.120. The van der Waals surface area contributed by atoms with Crippen LogP contribution in [-0.2, 0) is 24.3 Å². The molecule has 0 aliphatic carbocycles. The minimum Gasteiger partial charge on any atom is -0.464 e. The third-order valence-electron chi connectivity index (χ3n) is 5.19. The Morgan fingerprint density at radius 2 is 2.00 bits per heavy atom. The fourth-order valence-electron chi connectivity index (χ4n) is 3.55. The molecule has 5 heteroatoms. The van der Waals surface area contributed by atoms with Gasteiger partial charge >= 0.3 is 0 Å². The first-order chi connectivity index (χ1) is 13.1. The number of amides is 1. The van der Waals surface area contributed by atoms with Gasteiger partial charge in [-0.2, -0.15) is 0 Å². The fraction of sp³-hybridized carbons (Fsp3) is 0.273. The van der Waals surface area contributed by atoms with Gasteiger partial charge in [-0.3, -0.25) is 4.79 Å². The molecular weight excluding hydrogens is 338 g/mol. The Bertz CT molecular complexity index is 1140. The van der Waals surface area contributed by atoms with E-state index in [1.54, 1.807) is 6.26 Å². The summed E-state index contributed by atoms with van der Waals surface area (Å²) in [7, 11) is 0. The van der Waals surface area contributed by atoms with E-state index in [4.69, 9.17) is 4.42 Å². The van der Waals surface area contributed by atoms with Gasteiger partial charge in [0.1, 0.15) is 11.4 Å². The summed E-state index contributed by atoms with van der Waals surface area (Å²) in [6, 6.07) is 12.1. The van der Waals surface area contributed by atoms with Gasteiger partial charge in [-0.25, -0.2) is 4.98 Å². The summed E-state index contributed by atoms with van der Waals surface area (Å²) >= 11 is 0. The molecule has 0 saturated carbocycles. The fourth-order valence-corrected chi connectivity index (χ4v) is 3.55. The van der Waals surface area contributed by atoms with Crippen molar-refractivity contribution in [2.24, 2.45) is 0 Å². The molecule has 0 aliphatic rings. The van der Waals surface area contributed by atoms with Crippen LogP contribution in [-0.4, -0.2) is 15.5 Å². The van der Waals surface area contributed by atoms with E-state index in [-0.39, 0.29) is 5.91 Å². The average molecular weight is 361 g/mol. The van der Waals surface area contributed by atoms with Gasteiger partial charge in [-0.1, -0.05) is 24.3 Å². The molecule has 0 radical (unpaired) electrons. The van der Waals surface area contributed by atoms with Crippen LogP contribution in [0.15, 0.2) is 47.1 Å². The van der Waals surface area contributed by atoms with E-state index < -0.39 is 0 Å². The summed E-state index contributed by atoms with van der Waals surface area (Å²) in [6.07, 6.45) is 1.99. The number of hydrogen-bond donors (Lipinski definition) is 1. The quantitative estimate of drug-likeness (QED) is 0.577.